The Morgan fingerprint density at radius 2 is 1.90 bits per heavy atom. The molecular formula is C15H15FN2OS. The lowest BCUT2D eigenvalue weighted by atomic mass is 10.1. The number of rotatable bonds is 5. The first kappa shape index (κ1) is 14.3. The number of hydrogen-bond donors (Lipinski definition) is 3. The van der Waals surface area contributed by atoms with E-state index in [0.29, 0.717) is 12.1 Å². The zero-order chi connectivity index (χ0) is 14.5. The molecule has 0 heterocycles. The summed E-state index contributed by atoms with van der Waals surface area (Å²) in [5, 5.41) is 12.4. The predicted octanol–water partition coefficient (Wildman–Crippen LogP) is 2.82. The highest BCUT2D eigenvalue weighted by Crippen LogP contribution is 2.17. The van der Waals surface area contributed by atoms with Crippen LogP contribution in [0.1, 0.15) is 11.1 Å². The Labute approximate surface area is 122 Å². The van der Waals surface area contributed by atoms with Crippen LogP contribution in [0.15, 0.2) is 42.5 Å². The summed E-state index contributed by atoms with van der Waals surface area (Å²) in [5.41, 5.74) is 7.90. The third-order valence-corrected chi connectivity index (χ3v) is 3.13. The molecule has 2 rings (SSSR count). The van der Waals surface area contributed by atoms with Gasteiger partial charge in [-0.25, -0.2) is 4.39 Å². The minimum atomic E-state index is -0.364. The third-order valence-electron chi connectivity index (χ3n) is 2.91. The van der Waals surface area contributed by atoms with Gasteiger partial charge in [-0.15, -0.1) is 0 Å². The smallest absolute Gasteiger partial charge is 0.124 e. The molecule has 0 unspecified atom stereocenters. The van der Waals surface area contributed by atoms with Gasteiger partial charge >= 0.3 is 0 Å². The Kier molecular flexibility index (Phi) is 4.53. The third kappa shape index (κ3) is 3.68. The molecule has 0 atom stereocenters. The number of benzene rings is 2. The van der Waals surface area contributed by atoms with Crippen molar-refractivity contribution in [2.75, 3.05) is 11.9 Å². The van der Waals surface area contributed by atoms with Gasteiger partial charge in [-0.1, -0.05) is 24.4 Å². The predicted molar refractivity (Wildman–Crippen MR) is 82.6 cm³/mol. The molecule has 0 aromatic heterocycles. The first-order valence-electron chi connectivity index (χ1n) is 6.17. The Morgan fingerprint density at radius 1 is 1.20 bits per heavy atom. The fourth-order valence-electron chi connectivity index (χ4n) is 1.88. The zero-order valence-electron chi connectivity index (χ0n) is 10.8. The minimum Gasteiger partial charge on any atom is -0.508 e. The molecule has 0 amide bonds. The van der Waals surface area contributed by atoms with Crippen molar-refractivity contribution in [2.45, 2.75) is 6.42 Å². The van der Waals surface area contributed by atoms with Crippen molar-refractivity contribution in [3.8, 4) is 5.75 Å². The molecule has 0 saturated carbocycles. The first-order chi connectivity index (χ1) is 9.56. The lowest BCUT2D eigenvalue weighted by Crippen LogP contribution is -2.15. The molecule has 2 aromatic rings. The van der Waals surface area contributed by atoms with Gasteiger partial charge in [0.1, 0.15) is 16.6 Å². The van der Waals surface area contributed by atoms with Crippen molar-refractivity contribution in [3.05, 3.63) is 59.4 Å². The molecular weight excluding hydrogens is 275 g/mol. The number of phenols is 1. The van der Waals surface area contributed by atoms with Gasteiger partial charge in [0.2, 0.25) is 0 Å². The Balaban J connectivity index is 2.00. The molecule has 0 aliphatic carbocycles. The topological polar surface area (TPSA) is 58.3 Å². The fourth-order valence-corrected chi connectivity index (χ4v) is 2.05. The second kappa shape index (κ2) is 6.34. The van der Waals surface area contributed by atoms with Gasteiger partial charge in [-0.3, -0.25) is 0 Å². The second-order valence-electron chi connectivity index (χ2n) is 4.40. The van der Waals surface area contributed by atoms with Crippen LogP contribution in [-0.4, -0.2) is 16.6 Å². The van der Waals surface area contributed by atoms with E-state index < -0.39 is 0 Å². The standard InChI is InChI=1S/C15H15FN2OS/c16-11-3-6-14(13(9-11)15(17)20)18-8-7-10-1-4-12(19)5-2-10/h1-6,9,18-19H,7-8H2,(H2,17,20). The molecule has 0 bridgehead atoms. The van der Waals surface area contributed by atoms with Crippen LogP contribution < -0.4 is 11.1 Å². The maximum absolute atomic E-state index is 13.2. The summed E-state index contributed by atoms with van der Waals surface area (Å²) in [4.78, 5) is 0.164. The van der Waals surface area contributed by atoms with Crippen LogP contribution in [0.2, 0.25) is 0 Å². The molecule has 0 radical (unpaired) electrons. The molecule has 20 heavy (non-hydrogen) atoms. The van der Waals surface area contributed by atoms with Crippen LogP contribution in [0.3, 0.4) is 0 Å². The zero-order valence-corrected chi connectivity index (χ0v) is 11.6. The van der Waals surface area contributed by atoms with Gasteiger partial charge in [0.25, 0.3) is 0 Å². The maximum Gasteiger partial charge on any atom is 0.124 e. The molecule has 104 valence electrons. The SMILES string of the molecule is NC(=S)c1cc(F)ccc1NCCc1ccc(O)cc1. The summed E-state index contributed by atoms with van der Waals surface area (Å²) in [6.07, 6.45) is 0.772. The van der Waals surface area contributed by atoms with E-state index in [2.05, 4.69) is 5.32 Å². The number of nitrogens with one attached hydrogen (secondary N) is 1. The lowest BCUT2D eigenvalue weighted by molar-refractivity contribution is 0.475. The van der Waals surface area contributed by atoms with Crippen molar-refractivity contribution in [1.29, 1.82) is 0 Å². The minimum absolute atomic E-state index is 0.164. The Hall–Kier alpha value is -2.14. The summed E-state index contributed by atoms with van der Waals surface area (Å²) >= 11 is 4.91. The van der Waals surface area contributed by atoms with Gasteiger partial charge in [0, 0.05) is 17.8 Å². The molecule has 0 fully saturated rings. The van der Waals surface area contributed by atoms with Crippen LogP contribution in [0.5, 0.6) is 5.75 Å². The molecule has 4 N–H and O–H groups in total. The lowest BCUT2D eigenvalue weighted by Gasteiger charge is -2.11. The maximum atomic E-state index is 13.2. The van der Waals surface area contributed by atoms with Gasteiger partial charge < -0.3 is 16.2 Å². The highest BCUT2D eigenvalue weighted by atomic mass is 32.1. The van der Waals surface area contributed by atoms with Crippen molar-refractivity contribution in [1.82, 2.24) is 0 Å². The van der Waals surface area contributed by atoms with Gasteiger partial charge in [0.05, 0.1) is 0 Å². The van der Waals surface area contributed by atoms with E-state index >= 15 is 0 Å². The molecule has 0 saturated heterocycles. The largest absolute Gasteiger partial charge is 0.508 e. The summed E-state index contributed by atoms with van der Waals surface area (Å²) in [6.45, 7) is 0.659. The van der Waals surface area contributed by atoms with Crippen molar-refractivity contribution >= 4 is 22.9 Å². The van der Waals surface area contributed by atoms with Crippen LogP contribution in [0, 0.1) is 5.82 Å². The van der Waals surface area contributed by atoms with Crippen molar-refractivity contribution < 1.29 is 9.50 Å². The van der Waals surface area contributed by atoms with E-state index in [4.69, 9.17) is 18.0 Å². The number of thiocarbonyl (C=S) groups is 1. The summed E-state index contributed by atoms with van der Waals surface area (Å²) in [5.74, 6) is -0.118. The molecule has 0 aliphatic rings. The number of aromatic hydroxyl groups is 1. The number of hydrogen-bond acceptors (Lipinski definition) is 3. The normalized spacial score (nSPS) is 10.2. The Bertz CT molecular complexity index is 614. The summed E-state index contributed by atoms with van der Waals surface area (Å²) < 4.78 is 13.2. The quantitative estimate of drug-likeness (QED) is 0.741. The fraction of sp³-hybridized carbons (Fsp3) is 0.133. The summed E-state index contributed by atoms with van der Waals surface area (Å²) in [6, 6.07) is 11.3. The second-order valence-corrected chi connectivity index (χ2v) is 4.84. The number of halogens is 1. The molecule has 5 heteroatoms. The average molecular weight is 290 g/mol. The van der Waals surface area contributed by atoms with E-state index in [1.165, 1.54) is 12.1 Å². The highest BCUT2D eigenvalue weighted by Gasteiger charge is 2.06. The van der Waals surface area contributed by atoms with Crippen LogP contribution in [0.25, 0.3) is 0 Å². The number of phenolic OH excluding ortho intramolecular Hbond substituents is 1. The van der Waals surface area contributed by atoms with Gasteiger partial charge in [-0.2, -0.15) is 0 Å². The molecule has 2 aromatic carbocycles. The van der Waals surface area contributed by atoms with E-state index in [1.807, 2.05) is 12.1 Å². The first-order valence-corrected chi connectivity index (χ1v) is 6.58. The van der Waals surface area contributed by atoms with E-state index in [-0.39, 0.29) is 16.6 Å². The van der Waals surface area contributed by atoms with E-state index in [1.54, 1.807) is 18.2 Å². The van der Waals surface area contributed by atoms with Crippen molar-refractivity contribution in [3.63, 3.8) is 0 Å². The molecule has 0 spiro atoms. The van der Waals surface area contributed by atoms with Crippen molar-refractivity contribution in [2.24, 2.45) is 5.73 Å². The Morgan fingerprint density at radius 3 is 2.55 bits per heavy atom. The summed E-state index contributed by atoms with van der Waals surface area (Å²) in [7, 11) is 0. The van der Waals surface area contributed by atoms with Crippen LogP contribution >= 0.6 is 12.2 Å². The van der Waals surface area contributed by atoms with E-state index in [0.717, 1.165) is 17.7 Å². The average Bonchev–Trinajstić information content (AvgIpc) is 2.42. The number of anilines is 1. The molecule has 0 aliphatic heterocycles. The monoisotopic (exact) mass is 290 g/mol. The van der Waals surface area contributed by atoms with Gasteiger partial charge in [0.15, 0.2) is 0 Å². The highest BCUT2D eigenvalue weighted by molar-refractivity contribution is 7.80. The van der Waals surface area contributed by atoms with E-state index in [9.17, 15) is 9.50 Å². The van der Waals surface area contributed by atoms with Gasteiger partial charge in [-0.05, 0) is 42.3 Å². The van der Waals surface area contributed by atoms with Crippen LogP contribution in [-0.2, 0) is 6.42 Å². The number of nitrogens with two attached hydrogens (primary N) is 1. The van der Waals surface area contributed by atoms with Crippen LogP contribution in [0.4, 0.5) is 10.1 Å². The molecule has 3 nitrogen and oxygen atoms in total.